The molecule has 2 aromatic rings. The minimum atomic E-state index is -0.186. The Labute approximate surface area is 93.5 Å². The molecule has 0 spiro atoms. The molecule has 0 bridgehead atoms. The molecule has 0 aliphatic carbocycles. The first-order valence-electron chi connectivity index (χ1n) is 5.18. The molecule has 1 heterocycles. The van der Waals surface area contributed by atoms with Gasteiger partial charge in [-0.15, -0.1) is 0 Å². The Balaban J connectivity index is 2.77. The van der Waals surface area contributed by atoms with Gasteiger partial charge in [0.2, 0.25) is 5.95 Å². The van der Waals surface area contributed by atoms with Crippen LogP contribution in [0, 0.1) is 0 Å². The highest BCUT2D eigenvalue weighted by Gasteiger charge is 2.14. The Morgan fingerprint density at radius 3 is 2.62 bits per heavy atom. The topological polar surface area (TPSA) is 71.8 Å². The van der Waals surface area contributed by atoms with Gasteiger partial charge in [0.15, 0.2) is 0 Å². The third kappa shape index (κ3) is 1.78. The molecule has 3 N–H and O–H groups in total. The van der Waals surface area contributed by atoms with Crippen molar-refractivity contribution in [2.45, 2.75) is 26.2 Å². The third-order valence-corrected chi connectivity index (χ3v) is 2.59. The number of hydrogen-bond donors (Lipinski definition) is 2. The van der Waals surface area contributed by atoms with Crippen molar-refractivity contribution >= 4 is 16.9 Å². The number of rotatable bonds is 0. The number of anilines is 1. The summed E-state index contributed by atoms with van der Waals surface area (Å²) in [6.45, 7) is 6.31. The van der Waals surface area contributed by atoms with Crippen molar-refractivity contribution in [2.24, 2.45) is 0 Å². The van der Waals surface area contributed by atoms with Crippen LogP contribution in [-0.4, -0.2) is 9.97 Å². The average molecular weight is 217 g/mol. The number of aromatic nitrogens is 2. The van der Waals surface area contributed by atoms with Gasteiger partial charge in [0.05, 0.1) is 10.9 Å². The maximum Gasteiger partial charge on any atom is 0.260 e. The standard InChI is InChI=1S/C12H15N3O/c1-12(2,3)7-4-5-9-8(6-7)10(16)15-11(13)14-9/h4-6H,1-3H3,(H3,13,14,15,16). The van der Waals surface area contributed by atoms with Crippen LogP contribution in [0.3, 0.4) is 0 Å². The van der Waals surface area contributed by atoms with Crippen molar-refractivity contribution in [3.8, 4) is 0 Å². The smallest absolute Gasteiger partial charge is 0.260 e. The van der Waals surface area contributed by atoms with E-state index in [4.69, 9.17) is 5.73 Å². The fourth-order valence-corrected chi connectivity index (χ4v) is 1.62. The van der Waals surface area contributed by atoms with E-state index in [1.54, 1.807) is 0 Å². The minimum Gasteiger partial charge on any atom is -0.369 e. The molecule has 0 saturated carbocycles. The van der Waals surface area contributed by atoms with Gasteiger partial charge in [-0.1, -0.05) is 26.8 Å². The van der Waals surface area contributed by atoms with Gasteiger partial charge in [0.25, 0.3) is 5.56 Å². The number of H-pyrrole nitrogens is 1. The summed E-state index contributed by atoms with van der Waals surface area (Å²) in [5.41, 5.74) is 7.05. The van der Waals surface area contributed by atoms with Crippen LogP contribution in [0.4, 0.5) is 5.95 Å². The Morgan fingerprint density at radius 1 is 1.31 bits per heavy atom. The lowest BCUT2D eigenvalue weighted by Gasteiger charge is -2.19. The molecule has 0 saturated heterocycles. The second-order valence-electron chi connectivity index (χ2n) is 4.93. The van der Waals surface area contributed by atoms with Crippen molar-refractivity contribution in [1.82, 2.24) is 9.97 Å². The number of nitrogen functional groups attached to an aromatic ring is 1. The van der Waals surface area contributed by atoms with Crippen LogP contribution < -0.4 is 11.3 Å². The van der Waals surface area contributed by atoms with Crippen LogP contribution in [0.2, 0.25) is 0 Å². The van der Waals surface area contributed by atoms with Crippen molar-refractivity contribution in [1.29, 1.82) is 0 Å². The van der Waals surface area contributed by atoms with E-state index in [-0.39, 0.29) is 16.9 Å². The predicted molar refractivity (Wildman–Crippen MR) is 65.5 cm³/mol. The summed E-state index contributed by atoms with van der Waals surface area (Å²) in [6.07, 6.45) is 0. The van der Waals surface area contributed by atoms with Crippen LogP contribution in [-0.2, 0) is 5.41 Å². The molecule has 16 heavy (non-hydrogen) atoms. The van der Waals surface area contributed by atoms with E-state index in [9.17, 15) is 4.79 Å². The van der Waals surface area contributed by atoms with E-state index < -0.39 is 0 Å². The van der Waals surface area contributed by atoms with Crippen LogP contribution in [0.25, 0.3) is 10.9 Å². The lowest BCUT2D eigenvalue weighted by atomic mass is 9.86. The molecule has 0 unspecified atom stereocenters. The first kappa shape index (κ1) is 10.7. The molecular formula is C12H15N3O. The largest absolute Gasteiger partial charge is 0.369 e. The molecule has 2 rings (SSSR count). The monoisotopic (exact) mass is 217 g/mol. The van der Waals surface area contributed by atoms with E-state index in [0.29, 0.717) is 10.9 Å². The molecule has 0 radical (unpaired) electrons. The molecule has 84 valence electrons. The van der Waals surface area contributed by atoms with Gasteiger partial charge in [-0.25, -0.2) is 4.98 Å². The number of nitrogens with two attached hydrogens (primary N) is 1. The third-order valence-electron chi connectivity index (χ3n) is 2.59. The zero-order valence-corrected chi connectivity index (χ0v) is 9.66. The van der Waals surface area contributed by atoms with Crippen molar-refractivity contribution in [3.05, 3.63) is 34.1 Å². The number of hydrogen-bond acceptors (Lipinski definition) is 3. The van der Waals surface area contributed by atoms with Gasteiger partial charge < -0.3 is 5.73 Å². The number of nitrogens with one attached hydrogen (secondary N) is 1. The summed E-state index contributed by atoms with van der Waals surface area (Å²) in [5, 5.41) is 0.585. The maximum absolute atomic E-state index is 11.7. The predicted octanol–water partition coefficient (Wildman–Crippen LogP) is 1.80. The molecule has 1 aromatic carbocycles. The number of nitrogens with zero attached hydrogens (tertiary/aromatic N) is 1. The molecule has 0 aliphatic heterocycles. The highest BCUT2D eigenvalue weighted by Crippen LogP contribution is 2.24. The zero-order chi connectivity index (χ0) is 11.9. The van der Waals surface area contributed by atoms with Gasteiger partial charge in [0, 0.05) is 0 Å². The highest BCUT2D eigenvalue weighted by molar-refractivity contribution is 5.79. The van der Waals surface area contributed by atoms with Gasteiger partial charge >= 0.3 is 0 Å². The number of aromatic amines is 1. The molecule has 0 atom stereocenters. The Hall–Kier alpha value is -1.84. The molecule has 4 nitrogen and oxygen atoms in total. The lowest BCUT2D eigenvalue weighted by molar-refractivity contribution is 0.591. The fraction of sp³-hybridized carbons (Fsp3) is 0.333. The number of benzene rings is 1. The number of fused-ring (bicyclic) bond motifs is 1. The van der Waals surface area contributed by atoms with Crippen LogP contribution in [0.1, 0.15) is 26.3 Å². The quantitative estimate of drug-likeness (QED) is 0.706. The van der Waals surface area contributed by atoms with Gasteiger partial charge in [-0.05, 0) is 23.1 Å². The normalized spacial score (nSPS) is 11.9. The Bertz CT molecular complexity index is 593. The molecular weight excluding hydrogens is 202 g/mol. The summed E-state index contributed by atoms with van der Waals surface area (Å²) >= 11 is 0. The Kier molecular flexibility index (Phi) is 2.22. The van der Waals surface area contributed by atoms with Gasteiger partial charge in [0.1, 0.15) is 0 Å². The zero-order valence-electron chi connectivity index (χ0n) is 9.66. The average Bonchev–Trinajstić information content (AvgIpc) is 2.15. The summed E-state index contributed by atoms with van der Waals surface area (Å²) in [7, 11) is 0. The molecule has 0 fully saturated rings. The molecule has 4 heteroatoms. The van der Waals surface area contributed by atoms with Gasteiger partial charge in [-0.3, -0.25) is 9.78 Å². The van der Waals surface area contributed by atoms with Crippen molar-refractivity contribution in [3.63, 3.8) is 0 Å². The summed E-state index contributed by atoms with van der Waals surface area (Å²) in [4.78, 5) is 18.3. The van der Waals surface area contributed by atoms with Crippen LogP contribution in [0.15, 0.2) is 23.0 Å². The van der Waals surface area contributed by atoms with E-state index >= 15 is 0 Å². The lowest BCUT2D eigenvalue weighted by Crippen LogP contribution is -2.15. The fourth-order valence-electron chi connectivity index (χ4n) is 1.62. The maximum atomic E-state index is 11.7. The highest BCUT2D eigenvalue weighted by atomic mass is 16.1. The van der Waals surface area contributed by atoms with Gasteiger partial charge in [-0.2, -0.15) is 0 Å². The summed E-state index contributed by atoms with van der Waals surface area (Å²) in [6, 6.07) is 5.69. The second kappa shape index (κ2) is 3.33. The molecule has 1 aromatic heterocycles. The Morgan fingerprint density at radius 2 is 2.00 bits per heavy atom. The van der Waals surface area contributed by atoms with E-state index in [0.717, 1.165) is 5.56 Å². The molecule has 0 amide bonds. The summed E-state index contributed by atoms with van der Waals surface area (Å²) in [5.74, 6) is 0.154. The second-order valence-corrected chi connectivity index (χ2v) is 4.93. The first-order valence-corrected chi connectivity index (χ1v) is 5.18. The van der Waals surface area contributed by atoms with Crippen molar-refractivity contribution < 1.29 is 0 Å². The van der Waals surface area contributed by atoms with Crippen LogP contribution >= 0.6 is 0 Å². The molecule has 0 aliphatic rings. The van der Waals surface area contributed by atoms with E-state index in [1.165, 1.54) is 0 Å². The SMILES string of the molecule is CC(C)(C)c1ccc2nc(N)[nH]c(=O)c2c1. The summed E-state index contributed by atoms with van der Waals surface area (Å²) < 4.78 is 0. The van der Waals surface area contributed by atoms with E-state index in [1.807, 2.05) is 18.2 Å². The van der Waals surface area contributed by atoms with Crippen LogP contribution in [0.5, 0.6) is 0 Å². The van der Waals surface area contributed by atoms with Crippen molar-refractivity contribution in [2.75, 3.05) is 5.73 Å². The van der Waals surface area contributed by atoms with E-state index in [2.05, 4.69) is 30.7 Å². The minimum absolute atomic E-state index is 0.0159. The first-order chi connectivity index (χ1) is 7.38.